The maximum absolute atomic E-state index is 13.3. The first-order valence-corrected chi connectivity index (χ1v) is 12.4. The number of fused-ring (bicyclic) bond motifs is 1. The van der Waals surface area contributed by atoms with Gasteiger partial charge < -0.3 is 10.6 Å². The van der Waals surface area contributed by atoms with Crippen LogP contribution in [0.3, 0.4) is 0 Å². The van der Waals surface area contributed by atoms with Crippen LogP contribution in [-0.4, -0.2) is 36.1 Å². The highest BCUT2D eigenvalue weighted by molar-refractivity contribution is 7.89. The molecule has 0 unspecified atom stereocenters. The number of pyridine rings is 1. The summed E-state index contributed by atoms with van der Waals surface area (Å²) in [5.41, 5.74) is -0.529. The minimum absolute atomic E-state index is 0.0299. The number of halogens is 7. The predicted octanol–water partition coefficient (Wildman–Crippen LogP) is 5.08. The molecule has 0 aliphatic heterocycles. The van der Waals surface area contributed by atoms with Gasteiger partial charge in [0.1, 0.15) is 17.9 Å². The average Bonchev–Trinajstić information content (AvgIpc) is 2.84. The summed E-state index contributed by atoms with van der Waals surface area (Å²) in [6.07, 6.45) is -9.59. The molecule has 0 spiro atoms. The average molecular weight is 574 g/mol. The Balaban J connectivity index is 1.69. The molecule has 2 aromatic carbocycles. The van der Waals surface area contributed by atoms with Crippen LogP contribution in [0.4, 0.5) is 42.5 Å². The van der Waals surface area contributed by atoms with E-state index < -0.39 is 45.2 Å². The van der Waals surface area contributed by atoms with Crippen molar-refractivity contribution in [2.45, 2.75) is 23.8 Å². The molecule has 8 nitrogen and oxygen atoms in total. The first-order chi connectivity index (χ1) is 18.1. The van der Waals surface area contributed by atoms with Gasteiger partial charge in [-0.15, -0.1) is 0 Å². The number of anilines is 2. The Labute approximate surface area is 216 Å². The highest BCUT2D eigenvalue weighted by atomic mass is 32.2. The van der Waals surface area contributed by atoms with E-state index in [2.05, 4.69) is 25.6 Å². The molecule has 206 valence electrons. The van der Waals surface area contributed by atoms with Crippen LogP contribution in [0.5, 0.6) is 0 Å². The summed E-state index contributed by atoms with van der Waals surface area (Å²) in [7, 11) is -4.73. The summed E-state index contributed by atoms with van der Waals surface area (Å²) in [6, 6.07) is 10.5. The second kappa shape index (κ2) is 10.3. The molecule has 39 heavy (non-hydrogen) atoms. The Bertz CT molecular complexity index is 1630. The quantitative estimate of drug-likeness (QED) is 0.263. The van der Waals surface area contributed by atoms with Crippen LogP contribution in [0, 0.1) is 5.82 Å². The molecular formula is C23H17F7N6O2S. The van der Waals surface area contributed by atoms with E-state index in [-0.39, 0.29) is 34.9 Å². The third-order valence-corrected chi connectivity index (χ3v) is 6.20. The predicted molar refractivity (Wildman–Crippen MR) is 127 cm³/mol. The van der Waals surface area contributed by atoms with Gasteiger partial charge in [-0.2, -0.15) is 31.3 Å². The lowest BCUT2D eigenvalue weighted by molar-refractivity contribution is -0.139. The van der Waals surface area contributed by atoms with Gasteiger partial charge in [0.25, 0.3) is 0 Å². The van der Waals surface area contributed by atoms with E-state index in [1.165, 1.54) is 36.4 Å². The van der Waals surface area contributed by atoms with Crippen LogP contribution in [0.1, 0.15) is 11.1 Å². The number of nitrogens with two attached hydrogens (primary N) is 1. The zero-order chi connectivity index (χ0) is 28.6. The molecule has 0 saturated heterocycles. The van der Waals surface area contributed by atoms with Crippen molar-refractivity contribution >= 4 is 32.8 Å². The van der Waals surface area contributed by atoms with Crippen molar-refractivity contribution in [1.82, 2.24) is 15.0 Å². The van der Waals surface area contributed by atoms with Gasteiger partial charge >= 0.3 is 12.4 Å². The summed E-state index contributed by atoms with van der Waals surface area (Å²) in [6.45, 7) is -1.76. The summed E-state index contributed by atoms with van der Waals surface area (Å²) in [4.78, 5) is 11.4. The third-order valence-electron chi connectivity index (χ3n) is 5.25. The van der Waals surface area contributed by atoms with Gasteiger partial charge in [-0.05, 0) is 54.1 Å². The van der Waals surface area contributed by atoms with Crippen molar-refractivity contribution in [2.75, 3.05) is 17.2 Å². The van der Waals surface area contributed by atoms with Gasteiger partial charge in [-0.3, -0.25) is 0 Å². The topological polar surface area (TPSA) is 123 Å². The molecule has 0 atom stereocenters. The number of aromatic nitrogens is 3. The molecule has 0 aliphatic carbocycles. The highest BCUT2D eigenvalue weighted by Crippen LogP contribution is 2.34. The molecule has 2 aromatic heterocycles. The van der Waals surface area contributed by atoms with Crippen molar-refractivity contribution in [1.29, 1.82) is 0 Å². The van der Waals surface area contributed by atoms with Crippen LogP contribution < -0.4 is 15.8 Å². The SMILES string of the molecule is NS(=O)(=O)c1cc(CNc2nc(NCC(F)(F)F)c3nc(-c4ccc(F)cc4)ccc3n2)ccc1C(F)(F)F. The monoisotopic (exact) mass is 574 g/mol. The Morgan fingerprint density at radius 2 is 1.54 bits per heavy atom. The Morgan fingerprint density at radius 1 is 0.846 bits per heavy atom. The molecule has 4 N–H and O–H groups in total. The van der Waals surface area contributed by atoms with Crippen LogP contribution in [0.2, 0.25) is 0 Å². The highest BCUT2D eigenvalue weighted by Gasteiger charge is 2.36. The fourth-order valence-electron chi connectivity index (χ4n) is 3.51. The van der Waals surface area contributed by atoms with Gasteiger partial charge in [0.15, 0.2) is 5.82 Å². The fourth-order valence-corrected chi connectivity index (χ4v) is 4.32. The van der Waals surface area contributed by atoms with E-state index in [1.807, 2.05) is 0 Å². The van der Waals surface area contributed by atoms with Gasteiger partial charge in [0.2, 0.25) is 16.0 Å². The van der Waals surface area contributed by atoms with Crippen molar-refractivity contribution < 1.29 is 39.2 Å². The second-order valence-corrected chi connectivity index (χ2v) is 9.69. The molecule has 0 bridgehead atoms. The largest absolute Gasteiger partial charge is 0.417 e. The van der Waals surface area contributed by atoms with Gasteiger partial charge in [0.05, 0.1) is 21.7 Å². The molecule has 0 saturated carbocycles. The molecule has 16 heteroatoms. The van der Waals surface area contributed by atoms with E-state index in [0.29, 0.717) is 17.3 Å². The normalized spacial score (nSPS) is 12.5. The van der Waals surface area contributed by atoms with E-state index in [4.69, 9.17) is 5.14 Å². The molecule has 0 fully saturated rings. The minimum atomic E-state index is -4.98. The first kappa shape index (κ1) is 28.0. The number of benzene rings is 2. The fraction of sp³-hybridized carbons (Fsp3) is 0.174. The minimum Gasteiger partial charge on any atom is -0.359 e. The Kier molecular flexibility index (Phi) is 7.36. The molecule has 0 aliphatic rings. The third kappa shape index (κ3) is 6.88. The van der Waals surface area contributed by atoms with Crippen LogP contribution in [-0.2, 0) is 22.7 Å². The summed E-state index contributed by atoms with van der Waals surface area (Å²) < 4.78 is 115. The number of nitrogens with zero attached hydrogens (tertiary/aromatic N) is 3. The molecule has 0 amide bonds. The van der Waals surface area contributed by atoms with Crippen LogP contribution in [0.25, 0.3) is 22.3 Å². The van der Waals surface area contributed by atoms with E-state index in [0.717, 1.165) is 12.1 Å². The zero-order valence-corrected chi connectivity index (χ0v) is 20.2. The zero-order valence-electron chi connectivity index (χ0n) is 19.4. The smallest absolute Gasteiger partial charge is 0.359 e. The number of alkyl halides is 6. The van der Waals surface area contributed by atoms with Gasteiger partial charge in [-0.1, -0.05) is 6.07 Å². The Hall–Kier alpha value is -4.05. The lowest BCUT2D eigenvalue weighted by Crippen LogP contribution is -2.22. The molecule has 0 radical (unpaired) electrons. The summed E-state index contributed by atoms with van der Waals surface area (Å²) in [5.74, 6) is -1.02. The van der Waals surface area contributed by atoms with Crippen molar-refractivity contribution in [2.24, 2.45) is 5.14 Å². The van der Waals surface area contributed by atoms with Crippen molar-refractivity contribution in [3.63, 3.8) is 0 Å². The number of nitrogens with one attached hydrogen (secondary N) is 2. The maximum Gasteiger partial charge on any atom is 0.417 e. The molecule has 2 heterocycles. The molecular weight excluding hydrogens is 557 g/mol. The second-order valence-electron chi connectivity index (χ2n) is 8.16. The maximum atomic E-state index is 13.3. The summed E-state index contributed by atoms with van der Waals surface area (Å²) >= 11 is 0. The van der Waals surface area contributed by atoms with E-state index in [1.54, 1.807) is 0 Å². The molecule has 4 rings (SSSR count). The number of sulfonamides is 1. The number of hydrogen-bond acceptors (Lipinski definition) is 7. The van der Waals surface area contributed by atoms with Gasteiger partial charge in [0, 0.05) is 12.1 Å². The number of hydrogen-bond donors (Lipinski definition) is 3. The van der Waals surface area contributed by atoms with Gasteiger partial charge in [-0.25, -0.2) is 27.9 Å². The van der Waals surface area contributed by atoms with Crippen molar-refractivity contribution in [3.05, 3.63) is 71.5 Å². The van der Waals surface area contributed by atoms with E-state index >= 15 is 0 Å². The Morgan fingerprint density at radius 3 is 2.15 bits per heavy atom. The van der Waals surface area contributed by atoms with E-state index in [9.17, 15) is 39.2 Å². The number of rotatable bonds is 7. The first-order valence-electron chi connectivity index (χ1n) is 10.8. The molecule has 4 aromatic rings. The summed E-state index contributed by atoms with van der Waals surface area (Å²) in [5, 5.41) is 9.74. The van der Waals surface area contributed by atoms with Crippen molar-refractivity contribution in [3.8, 4) is 11.3 Å². The van der Waals surface area contributed by atoms with Crippen LogP contribution in [0.15, 0.2) is 59.5 Å². The number of primary sulfonamides is 1. The lowest BCUT2D eigenvalue weighted by Gasteiger charge is -2.15. The van der Waals surface area contributed by atoms with Crippen LogP contribution >= 0.6 is 0 Å². The standard InChI is InChI=1S/C23H17F7N6O2S/c24-14-4-2-13(3-5-14)16-7-8-17-19(34-16)20(33-11-22(25,26)27)36-21(35-17)32-10-12-1-6-15(23(28,29)30)18(9-12)39(31,37)38/h1-9H,10-11H2,(H2,31,37,38)(H2,32,33,35,36). The lowest BCUT2D eigenvalue weighted by atomic mass is 10.1.